The molecule has 2 fully saturated rings. The summed E-state index contributed by atoms with van der Waals surface area (Å²) in [7, 11) is 0. The molecule has 0 saturated carbocycles. The SMILES string of the molecule is Brc1cnc(CN2CCC3NCCC3C2)c(Br)c1.Cl. The molecule has 2 aliphatic rings. The normalized spacial score (nSPS) is 26.8. The van der Waals surface area contributed by atoms with E-state index in [0.717, 1.165) is 33.1 Å². The highest BCUT2D eigenvalue weighted by molar-refractivity contribution is 9.11. The van der Waals surface area contributed by atoms with Gasteiger partial charge in [-0.25, -0.2) is 0 Å². The van der Waals surface area contributed by atoms with E-state index in [2.05, 4.69) is 53.1 Å². The maximum atomic E-state index is 4.51. The Balaban J connectivity index is 0.00000133. The lowest BCUT2D eigenvalue weighted by molar-refractivity contribution is 0.154. The maximum Gasteiger partial charge on any atom is 0.0686 e. The van der Waals surface area contributed by atoms with E-state index in [4.69, 9.17) is 0 Å². The van der Waals surface area contributed by atoms with E-state index in [0.29, 0.717) is 0 Å². The summed E-state index contributed by atoms with van der Waals surface area (Å²) in [6.07, 6.45) is 4.49. The van der Waals surface area contributed by atoms with Crippen molar-refractivity contribution < 1.29 is 0 Å². The Morgan fingerprint density at radius 1 is 1.37 bits per heavy atom. The number of fused-ring (bicyclic) bond motifs is 1. The number of likely N-dealkylation sites (tertiary alicyclic amines) is 1. The summed E-state index contributed by atoms with van der Waals surface area (Å²) in [5, 5.41) is 3.60. The third kappa shape index (κ3) is 3.70. The van der Waals surface area contributed by atoms with E-state index in [1.54, 1.807) is 0 Å². The minimum atomic E-state index is 0. The van der Waals surface area contributed by atoms with Gasteiger partial charge in [0.2, 0.25) is 0 Å². The van der Waals surface area contributed by atoms with Crippen molar-refractivity contribution in [2.75, 3.05) is 19.6 Å². The van der Waals surface area contributed by atoms with Crippen LogP contribution in [-0.2, 0) is 6.54 Å². The van der Waals surface area contributed by atoms with Crippen molar-refractivity contribution in [3.8, 4) is 0 Å². The highest BCUT2D eigenvalue weighted by atomic mass is 79.9. The Labute approximate surface area is 137 Å². The summed E-state index contributed by atoms with van der Waals surface area (Å²) in [4.78, 5) is 7.04. The van der Waals surface area contributed by atoms with Gasteiger partial charge in [-0.3, -0.25) is 9.88 Å². The van der Waals surface area contributed by atoms with Gasteiger partial charge in [0.15, 0.2) is 0 Å². The zero-order valence-electron chi connectivity index (χ0n) is 10.6. The van der Waals surface area contributed by atoms with Crippen LogP contribution in [0.1, 0.15) is 18.5 Å². The second-order valence-electron chi connectivity index (χ2n) is 5.22. The van der Waals surface area contributed by atoms with Gasteiger partial charge in [-0.05, 0) is 63.2 Å². The zero-order chi connectivity index (χ0) is 12.5. The molecule has 0 bridgehead atoms. The van der Waals surface area contributed by atoms with Gasteiger partial charge in [0.25, 0.3) is 0 Å². The zero-order valence-corrected chi connectivity index (χ0v) is 14.6. The van der Waals surface area contributed by atoms with Crippen molar-refractivity contribution >= 4 is 44.3 Å². The van der Waals surface area contributed by atoms with Gasteiger partial charge in [0.1, 0.15) is 0 Å². The Hall–Kier alpha value is 0.320. The molecule has 0 spiro atoms. The fraction of sp³-hybridized carbons (Fsp3) is 0.615. The molecule has 0 aromatic carbocycles. The first-order valence-corrected chi connectivity index (χ1v) is 8.06. The van der Waals surface area contributed by atoms with Gasteiger partial charge in [0.05, 0.1) is 5.69 Å². The van der Waals surface area contributed by atoms with Crippen molar-refractivity contribution in [3.05, 3.63) is 26.9 Å². The predicted octanol–water partition coefficient (Wildman–Crippen LogP) is 3.21. The van der Waals surface area contributed by atoms with Crippen LogP contribution in [0.3, 0.4) is 0 Å². The lowest BCUT2D eigenvalue weighted by Crippen LogP contribution is -2.44. The van der Waals surface area contributed by atoms with E-state index in [1.165, 1.54) is 32.5 Å². The first kappa shape index (κ1) is 15.7. The number of hydrogen-bond donors (Lipinski definition) is 1. The summed E-state index contributed by atoms with van der Waals surface area (Å²) in [5.74, 6) is 0.841. The third-order valence-corrected chi connectivity index (χ3v) is 5.12. The molecule has 19 heavy (non-hydrogen) atoms. The summed E-state index contributed by atoms with van der Waals surface area (Å²) in [6, 6.07) is 2.84. The molecule has 1 aromatic heterocycles. The number of nitrogens with one attached hydrogen (secondary N) is 1. The fourth-order valence-corrected chi connectivity index (χ4v) is 4.15. The molecule has 2 atom stereocenters. The van der Waals surface area contributed by atoms with E-state index < -0.39 is 0 Å². The first-order chi connectivity index (χ1) is 8.72. The second kappa shape index (κ2) is 6.85. The van der Waals surface area contributed by atoms with Gasteiger partial charge >= 0.3 is 0 Å². The molecule has 3 nitrogen and oxygen atoms in total. The largest absolute Gasteiger partial charge is 0.314 e. The topological polar surface area (TPSA) is 28.2 Å². The number of pyridine rings is 1. The molecule has 6 heteroatoms. The number of nitrogens with zero attached hydrogens (tertiary/aromatic N) is 2. The monoisotopic (exact) mass is 409 g/mol. The van der Waals surface area contributed by atoms with E-state index >= 15 is 0 Å². The second-order valence-corrected chi connectivity index (χ2v) is 6.99. The molecule has 2 aliphatic heterocycles. The minimum Gasteiger partial charge on any atom is -0.314 e. The van der Waals surface area contributed by atoms with Gasteiger partial charge in [-0.2, -0.15) is 0 Å². The van der Waals surface area contributed by atoms with Gasteiger partial charge in [0, 0.05) is 40.8 Å². The Morgan fingerprint density at radius 3 is 3.00 bits per heavy atom. The van der Waals surface area contributed by atoms with E-state index in [-0.39, 0.29) is 12.4 Å². The molecule has 2 saturated heterocycles. The lowest BCUT2D eigenvalue weighted by Gasteiger charge is -2.34. The number of rotatable bonds is 2. The highest BCUT2D eigenvalue weighted by Crippen LogP contribution is 2.27. The summed E-state index contributed by atoms with van der Waals surface area (Å²) in [5.41, 5.74) is 1.14. The molecule has 0 aliphatic carbocycles. The number of hydrogen-bond acceptors (Lipinski definition) is 3. The van der Waals surface area contributed by atoms with E-state index in [9.17, 15) is 0 Å². The number of halogens is 3. The molecule has 1 N–H and O–H groups in total. The highest BCUT2D eigenvalue weighted by Gasteiger charge is 2.32. The Bertz CT molecular complexity index is 444. The third-order valence-electron chi connectivity index (χ3n) is 4.00. The summed E-state index contributed by atoms with van der Waals surface area (Å²) in [6.45, 7) is 4.54. The van der Waals surface area contributed by atoms with Crippen LogP contribution < -0.4 is 5.32 Å². The maximum absolute atomic E-state index is 4.51. The van der Waals surface area contributed by atoms with Crippen molar-refractivity contribution in [1.29, 1.82) is 0 Å². The van der Waals surface area contributed by atoms with Crippen LogP contribution in [0.5, 0.6) is 0 Å². The van der Waals surface area contributed by atoms with Gasteiger partial charge < -0.3 is 5.32 Å². The fourth-order valence-electron chi connectivity index (χ4n) is 3.04. The Kier molecular flexibility index (Phi) is 5.66. The smallest absolute Gasteiger partial charge is 0.0686 e. The average molecular weight is 412 g/mol. The van der Waals surface area contributed by atoms with Crippen LogP contribution in [0.25, 0.3) is 0 Å². The van der Waals surface area contributed by atoms with Crippen LogP contribution in [0.4, 0.5) is 0 Å². The van der Waals surface area contributed by atoms with Crippen LogP contribution in [0, 0.1) is 5.92 Å². The molecular formula is C13H18Br2ClN3. The van der Waals surface area contributed by atoms with Crippen molar-refractivity contribution in [1.82, 2.24) is 15.2 Å². The summed E-state index contributed by atoms with van der Waals surface area (Å²) < 4.78 is 2.13. The van der Waals surface area contributed by atoms with Crippen LogP contribution in [-0.4, -0.2) is 35.6 Å². The molecule has 2 unspecified atom stereocenters. The predicted molar refractivity (Wildman–Crippen MR) is 86.7 cm³/mol. The molecule has 1 aromatic rings. The molecule has 106 valence electrons. The molecule has 3 heterocycles. The lowest BCUT2D eigenvalue weighted by atomic mass is 9.93. The number of aromatic nitrogens is 1. The molecule has 3 rings (SSSR count). The van der Waals surface area contributed by atoms with Crippen molar-refractivity contribution in [2.24, 2.45) is 5.92 Å². The first-order valence-electron chi connectivity index (χ1n) is 6.48. The minimum absolute atomic E-state index is 0. The Morgan fingerprint density at radius 2 is 2.21 bits per heavy atom. The molecule has 0 amide bonds. The van der Waals surface area contributed by atoms with Crippen molar-refractivity contribution in [3.63, 3.8) is 0 Å². The van der Waals surface area contributed by atoms with Crippen LogP contribution >= 0.6 is 44.3 Å². The standard InChI is InChI=1S/C13H17Br2N3.ClH/c14-10-5-11(15)13(17-6-10)8-18-4-2-12-9(7-18)1-3-16-12;/h5-6,9,12,16H,1-4,7-8H2;1H. The quantitative estimate of drug-likeness (QED) is 0.810. The van der Waals surface area contributed by atoms with Crippen LogP contribution in [0.2, 0.25) is 0 Å². The van der Waals surface area contributed by atoms with Gasteiger partial charge in [-0.15, -0.1) is 12.4 Å². The van der Waals surface area contributed by atoms with Gasteiger partial charge in [-0.1, -0.05) is 0 Å². The van der Waals surface area contributed by atoms with Crippen molar-refractivity contribution in [2.45, 2.75) is 25.4 Å². The number of piperidine rings is 1. The van der Waals surface area contributed by atoms with E-state index in [1.807, 2.05) is 6.20 Å². The molecule has 0 radical (unpaired) electrons. The average Bonchev–Trinajstić information content (AvgIpc) is 2.80. The summed E-state index contributed by atoms with van der Waals surface area (Å²) >= 11 is 7.04. The van der Waals surface area contributed by atoms with Crippen LogP contribution in [0.15, 0.2) is 21.2 Å². The molecular weight excluding hydrogens is 393 g/mol.